The minimum Gasteiger partial charge on any atom is -0.493 e. The number of nitrogens with zero attached hydrogens (tertiary/aromatic N) is 2. The third-order valence-electron chi connectivity index (χ3n) is 6.11. The third-order valence-corrected chi connectivity index (χ3v) is 6.76. The molecule has 5 rings (SSSR count). The largest absolute Gasteiger partial charge is 0.493 e. The van der Waals surface area contributed by atoms with Gasteiger partial charge in [-0.2, -0.15) is 0 Å². The summed E-state index contributed by atoms with van der Waals surface area (Å²) in [6, 6.07) is 26.9. The lowest BCUT2D eigenvalue weighted by atomic mass is 10.0. The van der Waals surface area contributed by atoms with E-state index >= 15 is 0 Å². The van der Waals surface area contributed by atoms with Crippen LogP contribution in [0.3, 0.4) is 0 Å². The van der Waals surface area contributed by atoms with Gasteiger partial charge in [0.05, 0.1) is 23.5 Å². The highest BCUT2D eigenvalue weighted by atomic mass is 35.5. The second kappa shape index (κ2) is 11.7. The molecule has 0 spiro atoms. The zero-order valence-corrected chi connectivity index (χ0v) is 22.8. The van der Waals surface area contributed by atoms with Crippen LogP contribution in [0.5, 0.6) is 11.5 Å². The van der Waals surface area contributed by atoms with Crippen LogP contribution < -0.4 is 19.3 Å². The number of rotatable bonds is 7. The quantitative estimate of drug-likeness (QED) is 0.138. The molecule has 1 aliphatic rings. The SMILES string of the molecule is COc1cc(C=C2C(=O)N(c3ccccc3)C(=S)N(c3ccccc3)C2=O)cc(Cl)c1OCc1cccc(F)c1. The van der Waals surface area contributed by atoms with Crippen molar-refractivity contribution in [3.63, 3.8) is 0 Å². The highest BCUT2D eigenvalue weighted by molar-refractivity contribution is 7.81. The van der Waals surface area contributed by atoms with Crippen LogP contribution in [0.1, 0.15) is 11.1 Å². The van der Waals surface area contributed by atoms with Crippen LogP contribution in [0.2, 0.25) is 5.02 Å². The minimum atomic E-state index is -0.574. The predicted octanol–water partition coefficient (Wildman–Crippen LogP) is 6.82. The molecule has 0 aliphatic carbocycles. The lowest BCUT2D eigenvalue weighted by Gasteiger charge is -2.36. The van der Waals surface area contributed by atoms with Gasteiger partial charge in [-0.1, -0.05) is 60.1 Å². The Bertz CT molecular complexity index is 1570. The molecule has 40 heavy (non-hydrogen) atoms. The average molecular weight is 573 g/mol. The molecule has 1 heterocycles. The molecular weight excluding hydrogens is 551 g/mol. The molecule has 0 N–H and O–H groups in total. The summed E-state index contributed by atoms with van der Waals surface area (Å²) in [6.07, 6.45) is 1.45. The molecule has 0 atom stereocenters. The van der Waals surface area contributed by atoms with E-state index in [9.17, 15) is 14.0 Å². The normalized spacial score (nSPS) is 13.5. The summed E-state index contributed by atoms with van der Waals surface area (Å²) >= 11 is 12.2. The Kier molecular flexibility index (Phi) is 7.91. The zero-order valence-electron chi connectivity index (χ0n) is 21.2. The Morgan fingerprint density at radius 3 is 2.00 bits per heavy atom. The number of ether oxygens (including phenoxy) is 2. The van der Waals surface area contributed by atoms with Crippen LogP contribution in [0.15, 0.2) is 103 Å². The molecule has 0 saturated carbocycles. The van der Waals surface area contributed by atoms with Crippen LogP contribution in [-0.4, -0.2) is 24.0 Å². The van der Waals surface area contributed by atoms with E-state index in [0.717, 1.165) is 0 Å². The summed E-state index contributed by atoms with van der Waals surface area (Å²) in [6.45, 7) is 0.0563. The van der Waals surface area contributed by atoms with Crippen molar-refractivity contribution in [2.75, 3.05) is 16.9 Å². The standard InChI is InChI=1S/C31H22ClFN2O4S/c1-38-27-18-21(17-26(32)28(27)39-19-20-9-8-10-22(33)15-20)16-25-29(36)34(23-11-4-2-5-12-23)31(40)35(30(25)37)24-13-6-3-7-14-24/h2-18H,19H2,1H3. The molecule has 4 aromatic rings. The number of para-hydroxylation sites is 2. The van der Waals surface area contributed by atoms with Gasteiger partial charge in [-0.25, -0.2) is 4.39 Å². The first-order valence-electron chi connectivity index (χ1n) is 12.2. The van der Waals surface area contributed by atoms with E-state index in [1.165, 1.54) is 35.1 Å². The van der Waals surface area contributed by atoms with Crippen LogP contribution >= 0.6 is 23.8 Å². The van der Waals surface area contributed by atoms with E-state index in [-0.39, 0.29) is 39.6 Å². The van der Waals surface area contributed by atoms with Crippen molar-refractivity contribution in [2.24, 2.45) is 0 Å². The maximum atomic E-state index is 13.7. The number of methoxy groups -OCH3 is 1. The number of benzene rings is 4. The van der Waals surface area contributed by atoms with Gasteiger partial charge in [-0.15, -0.1) is 0 Å². The second-order valence-corrected chi connectivity index (χ2v) is 9.52. The van der Waals surface area contributed by atoms with E-state index in [2.05, 4.69) is 0 Å². The monoisotopic (exact) mass is 572 g/mol. The van der Waals surface area contributed by atoms with Gasteiger partial charge in [0.15, 0.2) is 16.6 Å². The Hall–Kier alpha value is -4.53. The molecule has 1 saturated heterocycles. The molecule has 1 fully saturated rings. The Labute approximate surface area is 240 Å². The lowest BCUT2D eigenvalue weighted by Crippen LogP contribution is -2.56. The van der Waals surface area contributed by atoms with Crippen LogP contribution in [0, 0.1) is 5.82 Å². The molecule has 0 unspecified atom stereocenters. The number of thiocarbonyl (C=S) groups is 1. The second-order valence-electron chi connectivity index (χ2n) is 8.75. The van der Waals surface area contributed by atoms with E-state index in [4.69, 9.17) is 33.3 Å². The average Bonchev–Trinajstić information content (AvgIpc) is 2.96. The number of anilines is 2. The number of carbonyl (C=O) groups excluding carboxylic acids is 2. The smallest absolute Gasteiger partial charge is 0.270 e. The topological polar surface area (TPSA) is 59.1 Å². The summed E-state index contributed by atoms with van der Waals surface area (Å²) in [5.74, 6) is -1.00. The van der Waals surface area contributed by atoms with Gasteiger partial charge in [-0.05, 0) is 78.0 Å². The fourth-order valence-corrected chi connectivity index (χ4v) is 4.90. The van der Waals surface area contributed by atoms with Crippen LogP contribution in [-0.2, 0) is 16.2 Å². The van der Waals surface area contributed by atoms with Crippen LogP contribution in [0.25, 0.3) is 6.08 Å². The summed E-state index contributed by atoms with van der Waals surface area (Å²) in [5, 5.41) is 0.231. The number of carbonyl (C=O) groups is 2. The van der Waals surface area contributed by atoms with E-state index in [0.29, 0.717) is 22.5 Å². The molecule has 0 aromatic heterocycles. The van der Waals surface area contributed by atoms with Crippen molar-refractivity contribution in [3.05, 3.63) is 125 Å². The number of amides is 2. The number of halogens is 2. The molecule has 1 aliphatic heterocycles. The van der Waals surface area contributed by atoms with Crippen LogP contribution in [0.4, 0.5) is 15.8 Å². The van der Waals surface area contributed by atoms with Gasteiger partial charge >= 0.3 is 0 Å². The molecule has 2 amide bonds. The summed E-state index contributed by atoms with van der Waals surface area (Å²) in [7, 11) is 1.45. The van der Waals surface area contributed by atoms with Crippen molar-refractivity contribution in [2.45, 2.75) is 6.61 Å². The van der Waals surface area contributed by atoms with Gasteiger partial charge in [0, 0.05) is 0 Å². The fraction of sp³-hybridized carbons (Fsp3) is 0.0645. The Morgan fingerprint density at radius 2 is 1.45 bits per heavy atom. The van der Waals surface area contributed by atoms with E-state index in [1.54, 1.807) is 72.8 Å². The maximum Gasteiger partial charge on any atom is 0.270 e. The van der Waals surface area contributed by atoms with Crippen molar-refractivity contribution < 1.29 is 23.5 Å². The minimum absolute atomic E-state index is 0.0428. The Morgan fingerprint density at radius 1 is 0.850 bits per heavy atom. The highest BCUT2D eigenvalue weighted by Crippen LogP contribution is 2.38. The van der Waals surface area contributed by atoms with Crippen molar-refractivity contribution in [3.8, 4) is 11.5 Å². The first kappa shape index (κ1) is 27.1. The molecule has 200 valence electrons. The van der Waals surface area contributed by atoms with Crippen molar-refractivity contribution >= 4 is 58.2 Å². The fourth-order valence-electron chi connectivity index (χ4n) is 4.25. The summed E-state index contributed by atoms with van der Waals surface area (Å²) in [5.41, 5.74) is 1.97. The van der Waals surface area contributed by atoms with Gasteiger partial charge in [0.1, 0.15) is 18.0 Å². The molecule has 6 nitrogen and oxygen atoms in total. The first-order valence-corrected chi connectivity index (χ1v) is 13.0. The number of hydrogen-bond donors (Lipinski definition) is 0. The highest BCUT2D eigenvalue weighted by Gasteiger charge is 2.41. The lowest BCUT2D eigenvalue weighted by molar-refractivity contribution is -0.120. The van der Waals surface area contributed by atoms with Crippen molar-refractivity contribution in [1.82, 2.24) is 0 Å². The van der Waals surface area contributed by atoms with Gasteiger partial charge < -0.3 is 9.47 Å². The van der Waals surface area contributed by atoms with Gasteiger partial charge in [-0.3, -0.25) is 19.4 Å². The molecule has 4 aromatic carbocycles. The van der Waals surface area contributed by atoms with E-state index in [1.807, 2.05) is 12.1 Å². The van der Waals surface area contributed by atoms with Gasteiger partial charge in [0.2, 0.25) is 0 Å². The maximum absolute atomic E-state index is 13.7. The number of hydrogen-bond acceptors (Lipinski definition) is 5. The van der Waals surface area contributed by atoms with E-state index < -0.39 is 11.8 Å². The first-order chi connectivity index (χ1) is 19.4. The molecule has 0 radical (unpaired) electrons. The predicted molar refractivity (Wildman–Crippen MR) is 157 cm³/mol. The summed E-state index contributed by atoms with van der Waals surface area (Å²) in [4.78, 5) is 30.1. The van der Waals surface area contributed by atoms with Gasteiger partial charge in [0.25, 0.3) is 11.8 Å². The summed E-state index contributed by atoms with van der Waals surface area (Å²) < 4.78 is 24.9. The molecular formula is C31H22ClFN2O4S. The Balaban J connectivity index is 1.54. The zero-order chi connectivity index (χ0) is 28.2. The molecule has 0 bridgehead atoms. The molecule has 9 heteroatoms. The third kappa shape index (κ3) is 5.45. The van der Waals surface area contributed by atoms with Crippen molar-refractivity contribution in [1.29, 1.82) is 0 Å².